The predicted molar refractivity (Wildman–Crippen MR) is 69.3 cm³/mol. The minimum atomic E-state index is -3.60. The van der Waals surface area contributed by atoms with Crippen LogP contribution in [0.15, 0.2) is 28.5 Å². The Balaban J connectivity index is 2.85. The average molecular weight is 268 g/mol. The van der Waals surface area contributed by atoms with E-state index in [0.717, 1.165) is 5.57 Å². The summed E-state index contributed by atoms with van der Waals surface area (Å²) < 4.78 is 27.4. The van der Waals surface area contributed by atoms with E-state index in [9.17, 15) is 8.42 Å². The molecular formula is C12H16N2O3S. The second-order valence-corrected chi connectivity index (χ2v) is 5.76. The van der Waals surface area contributed by atoms with Gasteiger partial charge in [-0.15, -0.1) is 0 Å². The lowest BCUT2D eigenvalue weighted by Crippen LogP contribution is -2.12. The number of allylic oxidation sites excluding steroid dienone is 4. The van der Waals surface area contributed by atoms with Crippen LogP contribution in [0.3, 0.4) is 0 Å². The van der Waals surface area contributed by atoms with E-state index < -0.39 is 10.1 Å². The van der Waals surface area contributed by atoms with Crippen LogP contribution < -0.4 is 0 Å². The van der Waals surface area contributed by atoms with Crippen molar-refractivity contribution in [2.45, 2.75) is 33.1 Å². The summed E-state index contributed by atoms with van der Waals surface area (Å²) in [6, 6.07) is 2.02. The van der Waals surface area contributed by atoms with Gasteiger partial charge in [0, 0.05) is 6.42 Å². The fourth-order valence-corrected chi connectivity index (χ4v) is 2.28. The molecule has 0 N–H and O–H groups in total. The van der Waals surface area contributed by atoms with Gasteiger partial charge in [0.15, 0.2) is 0 Å². The molecule has 0 aromatic carbocycles. The molecule has 0 saturated heterocycles. The smallest absolute Gasteiger partial charge is 0.268 e. The van der Waals surface area contributed by atoms with E-state index in [1.807, 2.05) is 19.1 Å². The minimum Gasteiger partial charge on any atom is -0.268 e. The summed E-state index contributed by atoms with van der Waals surface area (Å²) in [4.78, 5) is 0. The molecule has 0 aromatic heterocycles. The SMILES string of the molecule is CCCS(=O)(=O)ON=C1CC(C)=CC=C1CC#N. The van der Waals surface area contributed by atoms with Gasteiger partial charge in [0.1, 0.15) is 0 Å². The maximum absolute atomic E-state index is 11.4. The van der Waals surface area contributed by atoms with E-state index in [0.29, 0.717) is 24.1 Å². The van der Waals surface area contributed by atoms with Crippen LogP contribution >= 0.6 is 0 Å². The molecule has 0 aliphatic heterocycles. The molecule has 0 saturated carbocycles. The summed E-state index contributed by atoms with van der Waals surface area (Å²) in [6.45, 7) is 3.66. The molecule has 0 radical (unpaired) electrons. The second kappa shape index (κ2) is 6.36. The first-order chi connectivity index (χ1) is 8.48. The minimum absolute atomic E-state index is 0.0596. The van der Waals surface area contributed by atoms with Gasteiger partial charge < -0.3 is 0 Å². The quantitative estimate of drug-likeness (QED) is 0.716. The molecule has 5 nitrogen and oxygen atoms in total. The van der Waals surface area contributed by atoms with Gasteiger partial charge in [-0.1, -0.05) is 29.8 Å². The second-order valence-electron chi connectivity index (χ2n) is 4.09. The highest BCUT2D eigenvalue weighted by atomic mass is 32.2. The third kappa shape index (κ3) is 4.34. The van der Waals surface area contributed by atoms with Crippen molar-refractivity contribution in [3.05, 3.63) is 23.3 Å². The highest BCUT2D eigenvalue weighted by molar-refractivity contribution is 7.86. The molecule has 98 valence electrons. The largest absolute Gasteiger partial charge is 0.328 e. The number of nitrogens with zero attached hydrogens (tertiary/aromatic N) is 2. The number of hydrogen-bond acceptors (Lipinski definition) is 5. The Morgan fingerprint density at radius 2 is 2.22 bits per heavy atom. The fourth-order valence-electron chi connectivity index (χ4n) is 1.50. The van der Waals surface area contributed by atoms with Crippen LogP contribution in [0.4, 0.5) is 0 Å². The molecule has 6 heteroatoms. The van der Waals surface area contributed by atoms with E-state index in [-0.39, 0.29) is 12.2 Å². The van der Waals surface area contributed by atoms with Crippen LogP contribution in [0.5, 0.6) is 0 Å². The molecule has 1 aliphatic carbocycles. The van der Waals surface area contributed by atoms with Crippen molar-refractivity contribution in [1.82, 2.24) is 0 Å². The van der Waals surface area contributed by atoms with Crippen LogP contribution in [0.2, 0.25) is 0 Å². The van der Waals surface area contributed by atoms with Crippen molar-refractivity contribution in [2.75, 3.05) is 5.75 Å². The molecule has 18 heavy (non-hydrogen) atoms. The molecule has 0 aromatic rings. The van der Waals surface area contributed by atoms with Crippen molar-refractivity contribution in [2.24, 2.45) is 5.16 Å². The van der Waals surface area contributed by atoms with Crippen molar-refractivity contribution >= 4 is 15.8 Å². The fraction of sp³-hybridized carbons (Fsp3) is 0.500. The first-order valence-electron chi connectivity index (χ1n) is 5.70. The average Bonchev–Trinajstić information content (AvgIpc) is 2.30. The lowest BCUT2D eigenvalue weighted by atomic mass is 9.96. The molecule has 0 spiro atoms. The Morgan fingerprint density at radius 1 is 1.50 bits per heavy atom. The van der Waals surface area contributed by atoms with Gasteiger partial charge in [0.25, 0.3) is 0 Å². The highest BCUT2D eigenvalue weighted by Gasteiger charge is 2.15. The summed E-state index contributed by atoms with van der Waals surface area (Å²) in [5, 5.41) is 12.4. The number of nitriles is 1. The Hall–Kier alpha value is -1.61. The zero-order valence-electron chi connectivity index (χ0n) is 10.5. The van der Waals surface area contributed by atoms with Crippen molar-refractivity contribution in [1.29, 1.82) is 5.26 Å². The Labute approximate surface area is 108 Å². The zero-order chi connectivity index (χ0) is 13.6. The topological polar surface area (TPSA) is 79.5 Å². The first kappa shape index (κ1) is 14.5. The van der Waals surface area contributed by atoms with E-state index in [1.54, 1.807) is 13.0 Å². The van der Waals surface area contributed by atoms with Gasteiger partial charge >= 0.3 is 10.1 Å². The molecule has 0 bridgehead atoms. The number of oxime groups is 1. The van der Waals surface area contributed by atoms with Crippen LogP contribution in [0.1, 0.15) is 33.1 Å². The van der Waals surface area contributed by atoms with Gasteiger partial charge in [0.05, 0.1) is 24.0 Å². The molecule has 1 rings (SSSR count). The molecule has 0 fully saturated rings. The van der Waals surface area contributed by atoms with Crippen LogP contribution in [-0.2, 0) is 14.4 Å². The monoisotopic (exact) mass is 268 g/mol. The summed E-state index contributed by atoms with van der Waals surface area (Å²) in [6.07, 6.45) is 4.85. The van der Waals surface area contributed by atoms with Gasteiger partial charge in [-0.3, -0.25) is 4.28 Å². The molecule has 0 atom stereocenters. The molecular weight excluding hydrogens is 252 g/mol. The maximum Gasteiger partial charge on any atom is 0.328 e. The number of rotatable bonds is 5. The maximum atomic E-state index is 11.4. The molecule has 0 amide bonds. The van der Waals surface area contributed by atoms with E-state index in [1.165, 1.54) is 0 Å². The molecule has 1 aliphatic rings. The Bertz CT molecular complexity index is 536. The van der Waals surface area contributed by atoms with E-state index >= 15 is 0 Å². The van der Waals surface area contributed by atoms with E-state index in [4.69, 9.17) is 5.26 Å². The Morgan fingerprint density at radius 3 is 2.83 bits per heavy atom. The summed E-state index contributed by atoms with van der Waals surface area (Å²) in [7, 11) is -3.60. The van der Waals surface area contributed by atoms with Gasteiger partial charge in [0.2, 0.25) is 0 Å². The van der Waals surface area contributed by atoms with Gasteiger partial charge in [-0.25, -0.2) is 0 Å². The standard InChI is InChI=1S/C12H16N2O3S/c1-3-8-18(15,16)17-14-12-9-10(2)4-5-11(12)6-7-13/h4-5H,3,6,8-9H2,1-2H3. The normalized spacial score (nSPS) is 17.9. The third-order valence-corrected chi connectivity index (χ3v) is 3.58. The van der Waals surface area contributed by atoms with Gasteiger partial charge in [-0.2, -0.15) is 13.7 Å². The van der Waals surface area contributed by atoms with Crippen molar-refractivity contribution in [3.8, 4) is 6.07 Å². The third-order valence-electron chi connectivity index (χ3n) is 2.37. The lowest BCUT2D eigenvalue weighted by molar-refractivity contribution is 0.338. The van der Waals surface area contributed by atoms with Crippen LogP contribution in [0.25, 0.3) is 0 Å². The summed E-state index contributed by atoms with van der Waals surface area (Å²) >= 11 is 0. The molecule has 0 unspecified atom stereocenters. The summed E-state index contributed by atoms with van der Waals surface area (Å²) in [5.41, 5.74) is 2.26. The van der Waals surface area contributed by atoms with Gasteiger partial charge in [-0.05, 0) is 18.9 Å². The van der Waals surface area contributed by atoms with E-state index in [2.05, 4.69) is 9.44 Å². The Kier molecular flexibility index (Phi) is 5.10. The highest BCUT2D eigenvalue weighted by Crippen LogP contribution is 2.18. The van der Waals surface area contributed by atoms with Crippen molar-refractivity contribution < 1.29 is 12.7 Å². The summed E-state index contributed by atoms with van der Waals surface area (Å²) in [5.74, 6) is -0.0596. The molecule has 0 heterocycles. The number of hydrogen-bond donors (Lipinski definition) is 0. The predicted octanol–water partition coefficient (Wildman–Crippen LogP) is 2.29. The lowest BCUT2D eigenvalue weighted by Gasteiger charge is -2.12. The van der Waals surface area contributed by atoms with Crippen LogP contribution in [0, 0.1) is 11.3 Å². The van der Waals surface area contributed by atoms with Crippen LogP contribution in [-0.4, -0.2) is 19.9 Å². The first-order valence-corrected chi connectivity index (χ1v) is 7.28. The zero-order valence-corrected chi connectivity index (χ0v) is 11.3. The van der Waals surface area contributed by atoms with Crippen molar-refractivity contribution in [3.63, 3.8) is 0 Å².